The predicted molar refractivity (Wildman–Crippen MR) is 121 cm³/mol. The van der Waals surface area contributed by atoms with E-state index in [0.29, 0.717) is 36.0 Å². The molecule has 2 amide bonds. The number of rotatable bonds is 7. The van der Waals surface area contributed by atoms with Crippen LogP contribution in [0, 0.1) is 12.8 Å². The normalized spacial score (nSPS) is 15.7. The minimum Gasteiger partial charge on any atom is -0.493 e. The summed E-state index contributed by atoms with van der Waals surface area (Å²) in [5.74, 6) is 1.12. The van der Waals surface area contributed by atoms with Crippen LogP contribution in [-0.2, 0) is 16.1 Å². The smallest absolute Gasteiger partial charge is 0.232 e. The summed E-state index contributed by atoms with van der Waals surface area (Å²) in [6, 6.07) is 16.7. The maximum absolute atomic E-state index is 13.6. The zero-order valence-electron chi connectivity index (χ0n) is 18.4. The van der Waals surface area contributed by atoms with Gasteiger partial charge in [-0.2, -0.15) is 0 Å². The monoisotopic (exact) mass is 434 g/mol. The fourth-order valence-corrected chi connectivity index (χ4v) is 3.92. The predicted octanol–water partition coefficient (Wildman–Crippen LogP) is 4.19. The van der Waals surface area contributed by atoms with E-state index in [0.717, 1.165) is 11.3 Å². The molecule has 1 atom stereocenters. The Bertz CT molecular complexity index is 1090. The summed E-state index contributed by atoms with van der Waals surface area (Å²) in [4.78, 5) is 29.7. The Morgan fingerprint density at radius 2 is 1.84 bits per heavy atom. The molecule has 0 radical (unpaired) electrons. The second-order valence-electron chi connectivity index (χ2n) is 7.78. The third kappa shape index (κ3) is 4.32. The van der Waals surface area contributed by atoms with E-state index < -0.39 is 5.92 Å². The number of benzene rings is 2. The highest BCUT2D eigenvalue weighted by molar-refractivity contribution is 6.04. The largest absolute Gasteiger partial charge is 0.493 e. The second-order valence-corrected chi connectivity index (χ2v) is 7.78. The van der Waals surface area contributed by atoms with Gasteiger partial charge in [0.25, 0.3) is 0 Å². The highest BCUT2D eigenvalue weighted by Crippen LogP contribution is 2.35. The van der Waals surface area contributed by atoms with Gasteiger partial charge in [0.05, 0.1) is 32.9 Å². The van der Waals surface area contributed by atoms with Gasteiger partial charge in [0.15, 0.2) is 11.5 Å². The van der Waals surface area contributed by atoms with Crippen LogP contribution in [-0.4, -0.2) is 32.6 Å². The third-order valence-corrected chi connectivity index (χ3v) is 5.66. The molecule has 166 valence electrons. The summed E-state index contributed by atoms with van der Waals surface area (Å²) in [5, 5.41) is 0. The molecule has 1 saturated heterocycles. The fourth-order valence-electron chi connectivity index (χ4n) is 3.92. The zero-order valence-corrected chi connectivity index (χ0v) is 18.4. The average molecular weight is 434 g/mol. The van der Waals surface area contributed by atoms with E-state index >= 15 is 0 Å². The molecule has 2 heterocycles. The number of ether oxygens (including phenoxy) is 2. The van der Waals surface area contributed by atoms with Gasteiger partial charge in [-0.1, -0.05) is 17.7 Å². The molecular weight excluding hydrogens is 408 g/mol. The number of methoxy groups -OCH3 is 2. The number of carbonyl (C=O) groups is 2. The summed E-state index contributed by atoms with van der Waals surface area (Å²) in [5.41, 5.74) is 2.56. The second kappa shape index (κ2) is 9.18. The molecule has 3 aromatic rings. The number of amides is 2. The van der Waals surface area contributed by atoms with Crippen LogP contribution < -0.4 is 19.3 Å². The third-order valence-electron chi connectivity index (χ3n) is 5.66. The number of anilines is 2. The van der Waals surface area contributed by atoms with Crippen molar-refractivity contribution in [3.8, 4) is 11.5 Å². The van der Waals surface area contributed by atoms with Crippen molar-refractivity contribution in [2.24, 2.45) is 5.92 Å². The van der Waals surface area contributed by atoms with Gasteiger partial charge in [-0.25, -0.2) is 0 Å². The van der Waals surface area contributed by atoms with E-state index in [-0.39, 0.29) is 18.2 Å². The molecule has 2 aromatic carbocycles. The molecule has 1 aromatic heterocycles. The van der Waals surface area contributed by atoms with Crippen LogP contribution in [0.2, 0.25) is 0 Å². The first-order chi connectivity index (χ1) is 15.5. The number of furan rings is 1. The van der Waals surface area contributed by atoms with E-state index in [4.69, 9.17) is 13.9 Å². The Hall–Kier alpha value is -3.74. The first-order valence-electron chi connectivity index (χ1n) is 10.4. The van der Waals surface area contributed by atoms with Gasteiger partial charge in [-0.3, -0.25) is 9.59 Å². The molecule has 0 N–H and O–H groups in total. The van der Waals surface area contributed by atoms with E-state index in [9.17, 15) is 9.59 Å². The number of nitrogens with zero attached hydrogens (tertiary/aromatic N) is 2. The summed E-state index contributed by atoms with van der Waals surface area (Å²) >= 11 is 0. The number of carbonyl (C=O) groups excluding carboxylic acids is 2. The summed E-state index contributed by atoms with van der Waals surface area (Å²) in [7, 11) is 3.11. The minimum absolute atomic E-state index is 0.0996. The highest BCUT2D eigenvalue weighted by Gasteiger charge is 2.38. The van der Waals surface area contributed by atoms with Crippen LogP contribution in [0.25, 0.3) is 0 Å². The molecule has 0 bridgehead atoms. The van der Waals surface area contributed by atoms with Crippen molar-refractivity contribution in [2.75, 3.05) is 30.6 Å². The molecule has 1 aliphatic rings. The van der Waals surface area contributed by atoms with Crippen LogP contribution in [0.1, 0.15) is 17.7 Å². The Labute approximate surface area is 187 Å². The Balaban J connectivity index is 1.58. The molecule has 7 heteroatoms. The van der Waals surface area contributed by atoms with Crippen LogP contribution >= 0.6 is 0 Å². The maximum atomic E-state index is 13.6. The zero-order chi connectivity index (χ0) is 22.7. The molecule has 1 unspecified atom stereocenters. The number of aryl methyl sites for hydroxylation is 1. The minimum atomic E-state index is -0.466. The Kier molecular flexibility index (Phi) is 6.16. The van der Waals surface area contributed by atoms with Gasteiger partial charge in [0, 0.05) is 30.4 Å². The molecule has 7 nitrogen and oxygen atoms in total. The van der Waals surface area contributed by atoms with Crippen molar-refractivity contribution in [1.82, 2.24) is 0 Å². The first kappa shape index (κ1) is 21.5. The van der Waals surface area contributed by atoms with Crippen molar-refractivity contribution >= 4 is 23.2 Å². The Morgan fingerprint density at radius 1 is 1.09 bits per heavy atom. The topological polar surface area (TPSA) is 72.2 Å². The van der Waals surface area contributed by atoms with Crippen molar-refractivity contribution < 1.29 is 23.5 Å². The van der Waals surface area contributed by atoms with Gasteiger partial charge < -0.3 is 23.7 Å². The highest BCUT2D eigenvalue weighted by atomic mass is 16.5. The van der Waals surface area contributed by atoms with Crippen LogP contribution in [0.5, 0.6) is 11.5 Å². The lowest BCUT2D eigenvalue weighted by molar-refractivity contribution is -0.124. The van der Waals surface area contributed by atoms with Crippen LogP contribution in [0.15, 0.2) is 65.3 Å². The van der Waals surface area contributed by atoms with Crippen molar-refractivity contribution in [2.45, 2.75) is 19.9 Å². The molecule has 32 heavy (non-hydrogen) atoms. The molecule has 4 rings (SSSR count). The van der Waals surface area contributed by atoms with Crippen LogP contribution in [0.3, 0.4) is 0 Å². The molecule has 0 spiro atoms. The molecular formula is C25H26N2O5. The SMILES string of the molecule is COc1ccc(N2CC(C(=O)N(Cc3ccco3)c3ccc(C)cc3)CC2=O)cc1OC. The van der Waals surface area contributed by atoms with E-state index in [1.54, 1.807) is 54.5 Å². The summed E-state index contributed by atoms with van der Waals surface area (Å²) in [6.45, 7) is 2.60. The molecule has 1 aliphatic heterocycles. The van der Waals surface area contributed by atoms with Gasteiger partial charge in [-0.05, 0) is 43.3 Å². The lowest BCUT2D eigenvalue weighted by Gasteiger charge is -2.25. The Morgan fingerprint density at radius 3 is 2.50 bits per heavy atom. The number of hydrogen-bond acceptors (Lipinski definition) is 5. The van der Waals surface area contributed by atoms with Crippen molar-refractivity contribution in [3.63, 3.8) is 0 Å². The molecule has 1 fully saturated rings. The summed E-state index contributed by atoms with van der Waals surface area (Å²) < 4.78 is 16.1. The van der Waals surface area contributed by atoms with Gasteiger partial charge >= 0.3 is 0 Å². The van der Waals surface area contributed by atoms with Crippen LogP contribution in [0.4, 0.5) is 11.4 Å². The molecule has 0 saturated carbocycles. The fraction of sp³-hybridized carbons (Fsp3) is 0.280. The lowest BCUT2D eigenvalue weighted by atomic mass is 10.1. The van der Waals surface area contributed by atoms with Gasteiger partial charge in [-0.15, -0.1) is 0 Å². The average Bonchev–Trinajstić information content (AvgIpc) is 3.47. The molecule has 0 aliphatic carbocycles. The van der Waals surface area contributed by atoms with Gasteiger partial charge in [0.2, 0.25) is 11.8 Å². The van der Waals surface area contributed by atoms with Gasteiger partial charge in [0.1, 0.15) is 5.76 Å². The van der Waals surface area contributed by atoms with Crippen molar-refractivity contribution in [3.05, 3.63) is 72.2 Å². The lowest BCUT2D eigenvalue weighted by Crippen LogP contribution is -2.37. The number of hydrogen-bond donors (Lipinski definition) is 0. The van der Waals surface area contributed by atoms with Crippen molar-refractivity contribution in [1.29, 1.82) is 0 Å². The quantitative estimate of drug-likeness (QED) is 0.558. The van der Waals surface area contributed by atoms with E-state index in [1.807, 2.05) is 37.3 Å². The summed E-state index contributed by atoms with van der Waals surface area (Å²) in [6.07, 6.45) is 1.73. The van der Waals surface area contributed by atoms with E-state index in [2.05, 4.69) is 0 Å². The first-order valence-corrected chi connectivity index (χ1v) is 10.4. The van der Waals surface area contributed by atoms with E-state index in [1.165, 1.54) is 0 Å². The maximum Gasteiger partial charge on any atom is 0.232 e. The standard InChI is InChI=1S/C25H26N2O5/c1-17-6-8-19(9-7-17)27(16-21-5-4-12-32-21)25(29)18-13-24(28)26(15-18)20-10-11-22(30-2)23(14-20)31-3/h4-12,14,18H,13,15-16H2,1-3H3.